The number of hydrogen-bond acceptors (Lipinski definition) is 4. The summed E-state index contributed by atoms with van der Waals surface area (Å²) in [7, 11) is 0. The zero-order chi connectivity index (χ0) is 22.3. The van der Waals surface area contributed by atoms with Crippen molar-refractivity contribution < 1.29 is 27.9 Å². The monoisotopic (exact) mass is 424 g/mol. The molecule has 8 heteroatoms. The maximum Gasteiger partial charge on any atom is 0.300 e. The van der Waals surface area contributed by atoms with Crippen molar-refractivity contribution in [1.82, 2.24) is 4.98 Å². The number of nitrogens with zero attached hydrogens (tertiary/aromatic N) is 2. The van der Waals surface area contributed by atoms with Crippen molar-refractivity contribution >= 4 is 23.1 Å². The molecule has 1 unspecified atom stereocenters. The van der Waals surface area contributed by atoms with E-state index in [0.717, 1.165) is 29.2 Å². The van der Waals surface area contributed by atoms with Gasteiger partial charge < -0.3 is 5.11 Å². The fourth-order valence-electron chi connectivity index (χ4n) is 3.55. The summed E-state index contributed by atoms with van der Waals surface area (Å²) in [6.07, 6.45) is 2.81. The molecule has 0 spiro atoms. The van der Waals surface area contributed by atoms with E-state index >= 15 is 0 Å². The molecule has 5 nitrogen and oxygen atoms in total. The second kappa shape index (κ2) is 7.71. The summed E-state index contributed by atoms with van der Waals surface area (Å²) in [5.41, 5.74) is -0.179. The van der Waals surface area contributed by atoms with E-state index in [2.05, 4.69) is 4.98 Å². The molecule has 31 heavy (non-hydrogen) atoms. The predicted molar refractivity (Wildman–Crippen MR) is 107 cm³/mol. The van der Waals surface area contributed by atoms with Gasteiger partial charge in [0.05, 0.1) is 17.3 Å². The molecule has 1 fully saturated rings. The van der Waals surface area contributed by atoms with Crippen molar-refractivity contribution in [3.05, 3.63) is 101 Å². The molecule has 0 radical (unpaired) electrons. The molecule has 1 N–H and O–H groups in total. The van der Waals surface area contributed by atoms with Crippen molar-refractivity contribution in [3.63, 3.8) is 0 Å². The Morgan fingerprint density at radius 1 is 1.03 bits per heavy atom. The summed E-state index contributed by atoms with van der Waals surface area (Å²) in [6.45, 7) is 1.48. The highest BCUT2D eigenvalue weighted by Gasteiger charge is 2.48. The van der Waals surface area contributed by atoms with Gasteiger partial charge in [-0.25, -0.2) is 13.2 Å². The lowest BCUT2D eigenvalue weighted by Gasteiger charge is -2.25. The number of pyridine rings is 1. The summed E-state index contributed by atoms with van der Waals surface area (Å²) in [4.78, 5) is 30.6. The summed E-state index contributed by atoms with van der Waals surface area (Å²) in [5, 5.41) is 10.9. The van der Waals surface area contributed by atoms with E-state index in [-0.39, 0.29) is 16.7 Å². The Bertz CT molecular complexity index is 1240. The SMILES string of the molecule is Cc1cc(/C(O)=C2\C(=O)C(=O)N(c3cc(F)ccc3F)C2c2cccnc2)ccc1F. The molecule has 3 aromatic rings. The highest BCUT2D eigenvalue weighted by atomic mass is 19.1. The number of anilines is 1. The number of rotatable bonds is 3. The van der Waals surface area contributed by atoms with Crippen LogP contribution in [0.15, 0.2) is 66.5 Å². The molecule has 1 saturated heterocycles. The average molecular weight is 424 g/mol. The molecule has 2 heterocycles. The van der Waals surface area contributed by atoms with Gasteiger partial charge in [0, 0.05) is 24.0 Å². The second-order valence-corrected chi connectivity index (χ2v) is 7.02. The third-order valence-corrected chi connectivity index (χ3v) is 5.04. The Balaban J connectivity index is 1.98. The van der Waals surface area contributed by atoms with Crippen LogP contribution in [0.4, 0.5) is 18.9 Å². The first-order valence-electron chi connectivity index (χ1n) is 9.22. The van der Waals surface area contributed by atoms with Crippen LogP contribution < -0.4 is 4.90 Å². The highest BCUT2D eigenvalue weighted by Crippen LogP contribution is 2.42. The molecule has 0 bridgehead atoms. The number of aliphatic hydroxyl groups is 1. The van der Waals surface area contributed by atoms with E-state index in [1.54, 1.807) is 6.07 Å². The minimum Gasteiger partial charge on any atom is -0.507 e. The molecule has 2 aromatic carbocycles. The van der Waals surface area contributed by atoms with Gasteiger partial charge in [-0.05, 0) is 54.4 Å². The van der Waals surface area contributed by atoms with E-state index in [4.69, 9.17) is 0 Å². The molecule has 1 aromatic heterocycles. The van der Waals surface area contributed by atoms with Crippen molar-refractivity contribution in [3.8, 4) is 0 Å². The summed E-state index contributed by atoms with van der Waals surface area (Å²) < 4.78 is 42.1. The Morgan fingerprint density at radius 2 is 1.77 bits per heavy atom. The smallest absolute Gasteiger partial charge is 0.300 e. The third-order valence-electron chi connectivity index (χ3n) is 5.04. The van der Waals surface area contributed by atoms with Crippen LogP contribution in [0.3, 0.4) is 0 Å². The number of aromatic nitrogens is 1. The number of hydrogen-bond donors (Lipinski definition) is 1. The number of aryl methyl sites for hydroxylation is 1. The van der Waals surface area contributed by atoms with E-state index in [0.29, 0.717) is 5.56 Å². The van der Waals surface area contributed by atoms with Crippen LogP contribution >= 0.6 is 0 Å². The number of halogens is 3. The van der Waals surface area contributed by atoms with Gasteiger partial charge in [0.15, 0.2) is 0 Å². The number of ketones is 1. The second-order valence-electron chi connectivity index (χ2n) is 7.02. The predicted octanol–water partition coefficient (Wildman–Crippen LogP) is 4.43. The number of aliphatic hydroxyl groups excluding tert-OH is 1. The highest BCUT2D eigenvalue weighted by molar-refractivity contribution is 6.51. The normalized spacial score (nSPS) is 17.9. The van der Waals surface area contributed by atoms with Crippen LogP contribution in [0.2, 0.25) is 0 Å². The number of carbonyl (C=O) groups excluding carboxylic acids is 2. The maximum atomic E-state index is 14.6. The van der Waals surface area contributed by atoms with Crippen LogP contribution in [-0.2, 0) is 9.59 Å². The molecule has 1 amide bonds. The van der Waals surface area contributed by atoms with E-state index < -0.39 is 46.6 Å². The van der Waals surface area contributed by atoms with Crippen LogP contribution in [0.25, 0.3) is 5.76 Å². The summed E-state index contributed by atoms with van der Waals surface area (Å²) >= 11 is 0. The van der Waals surface area contributed by atoms with Gasteiger partial charge in [-0.3, -0.25) is 19.5 Å². The van der Waals surface area contributed by atoms with Crippen molar-refractivity contribution in [1.29, 1.82) is 0 Å². The lowest BCUT2D eigenvalue weighted by molar-refractivity contribution is -0.132. The quantitative estimate of drug-likeness (QED) is 0.384. The number of carbonyl (C=O) groups is 2. The van der Waals surface area contributed by atoms with E-state index in [1.165, 1.54) is 37.5 Å². The molecule has 1 atom stereocenters. The lowest BCUT2D eigenvalue weighted by Crippen LogP contribution is -2.30. The zero-order valence-electron chi connectivity index (χ0n) is 16.1. The topological polar surface area (TPSA) is 70.5 Å². The first-order valence-corrected chi connectivity index (χ1v) is 9.22. The van der Waals surface area contributed by atoms with Crippen LogP contribution in [0.1, 0.15) is 22.7 Å². The average Bonchev–Trinajstić information content (AvgIpc) is 3.02. The van der Waals surface area contributed by atoms with Crippen molar-refractivity contribution in [2.75, 3.05) is 4.90 Å². The number of Topliss-reactive ketones (excluding diaryl/α,β-unsaturated/α-hetero) is 1. The molecule has 156 valence electrons. The maximum absolute atomic E-state index is 14.6. The number of benzene rings is 2. The molecular weight excluding hydrogens is 409 g/mol. The van der Waals surface area contributed by atoms with E-state index in [1.807, 2.05) is 0 Å². The Labute approximate surface area is 175 Å². The molecule has 4 rings (SSSR count). The van der Waals surface area contributed by atoms with Gasteiger partial charge in [-0.2, -0.15) is 0 Å². The minimum absolute atomic E-state index is 0.102. The molecule has 1 aliphatic heterocycles. The van der Waals surface area contributed by atoms with Crippen molar-refractivity contribution in [2.45, 2.75) is 13.0 Å². The van der Waals surface area contributed by atoms with Gasteiger partial charge in [0.1, 0.15) is 23.2 Å². The molecular formula is C23H15F3N2O3. The first-order chi connectivity index (χ1) is 14.8. The summed E-state index contributed by atoms with van der Waals surface area (Å²) in [5.74, 6) is -5.03. The van der Waals surface area contributed by atoms with Crippen LogP contribution in [-0.4, -0.2) is 21.8 Å². The van der Waals surface area contributed by atoms with Gasteiger partial charge >= 0.3 is 0 Å². The van der Waals surface area contributed by atoms with Gasteiger partial charge in [0.2, 0.25) is 0 Å². The molecule has 0 saturated carbocycles. The fourth-order valence-corrected chi connectivity index (χ4v) is 3.55. The van der Waals surface area contributed by atoms with Crippen LogP contribution in [0, 0.1) is 24.4 Å². The molecule has 0 aliphatic carbocycles. The van der Waals surface area contributed by atoms with Crippen molar-refractivity contribution in [2.24, 2.45) is 0 Å². The Hall–Kier alpha value is -3.94. The van der Waals surface area contributed by atoms with Gasteiger partial charge in [-0.15, -0.1) is 0 Å². The zero-order valence-corrected chi connectivity index (χ0v) is 16.1. The van der Waals surface area contributed by atoms with Crippen LogP contribution in [0.5, 0.6) is 0 Å². The van der Waals surface area contributed by atoms with Gasteiger partial charge in [-0.1, -0.05) is 6.07 Å². The Morgan fingerprint density at radius 3 is 2.45 bits per heavy atom. The Kier molecular flexibility index (Phi) is 5.06. The van der Waals surface area contributed by atoms with Gasteiger partial charge in [0.25, 0.3) is 11.7 Å². The standard InChI is InChI=1S/C23H15F3N2O3/c1-12-9-13(4-6-16(12)25)21(29)19-20(14-3-2-8-27-11-14)28(23(31)22(19)30)18-10-15(24)5-7-17(18)26/h2-11,20,29H,1H3/b21-19+. The fraction of sp³-hybridized carbons (Fsp3) is 0.0870. The lowest BCUT2D eigenvalue weighted by atomic mass is 9.95. The largest absolute Gasteiger partial charge is 0.507 e. The molecule has 1 aliphatic rings. The van der Waals surface area contributed by atoms with E-state index in [9.17, 15) is 27.9 Å². The third kappa shape index (κ3) is 3.46. The minimum atomic E-state index is -1.27. The summed E-state index contributed by atoms with van der Waals surface area (Å²) in [6, 6.07) is 8.03. The first kappa shape index (κ1) is 20.3. The number of amides is 1.